The van der Waals surface area contributed by atoms with Crippen LogP contribution in [-0.4, -0.2) is 339 Å². The van der Waals surface area contributed by atoms with E-state index in [1.807, 2.05) is 0 Å². The molecule has 476 valence electrons. The Morgan fingerprint density at radius 2 is 0.0896 bits per heavy atom. The van der Waals surface area contributed by atoms with Crippen LogP contribution in [0.3, 0.4) is 0 Å². The molecule has 37 nitrogen and oxygen atoms in total. The molecule has 0 bridgehead atoms. The smallest absolute Gasteiger partial charge is 0.0675 e. The fraction of sp³-hybridized carbons (Fsp3) is 1.00. The van der Waals surface area contributed by atoms with E-state index in [1.165, 1.54) is 0 Å². The van der Waals surface area contributed by atoms with Crippen LogP contribution in [0.1, 0.15) is 0 Å². The molecular formula is C20H124N5O32W10+5. The molecule has 0 aliphatic heterocycles. The van der Waals surface area contributed by atoms with Crippen LogP contribution >= 0.6 is 0 Å². The summed E-state index contributed by atoms with van der Waals surface area (Å²) in [4.78, 5) is 0. The van der Waals surface area contributed by atoms with Crippen molar-refractivity contribution in [2.75, 3.05) is 141 Å². The molecule has 0 aliphatic carbocycles. The summed E-state index contributed by atoms with van der Waals surface area (Å²) in [5.41, 5.74) is 0. The number of rotatable bonds is 0. The van der Waals surface area contributed by atoms with Gasteiger partial charge in [0, 0.05) is 211 Å². The average Bonchev–Trinajstić information content (AvgIpc) is 1.79. The molecule has 47 heteroatoms. The van der Waals surface area contributed by atoms with Gasteiger partial charge >= 0.3 is 0 Å². The van der Waals surface area contributed by atoms with Gasteiger partial charge in [-0.2, -0.15) is 0 Å². The third kappa shape index (κ3) is 11800. The predicted molar refractivity (Wildman–Crippen MR) is 235 cm³/mol. The van der Waals surface area contributed by atoms with Crippen LogP contribution in [-0.2, 0) is 211 Å². The van der Waals surface area contributed by atoms with E-state index in [0.717, 1.165) is 22.4 Å². The summed E-state index contributed by atoms with van der Waals surface area (Å²) in [5.74, 6) is 0. The van der Waals surface area contributed by atoms with Gasteiger partial charge in [-0.25, -0.2) is 0 Å². The summed E-state index contributed by atoms with van der Waals surface area (Å²) in [7, 11) is 42.5. The second kappa shape index (κ2) is 282. The Balaban J connectivity index is -0.00000000143. The van der Waals surface area contributed by atoms with E-state index in [2.05, 4.69) is 141 Å². The van der Waals surface area contributed by atoms with Gasteiger partial charge < -0.3 is 198 Å². The molecule has 0 unspecified atom stereocenters. The summed E-state index contributed by atoms with van der Waals surface area (Å²) in [6.45, 7) is 0. The van der Waals surface area contributed by atoms with Gasteiger partial charge in [-0.3, -0.25) is 0 Å². The Hall–Kier alpha value is 5.40. The fourth-order valence-corrected chi connectivity index (χ4v) is 0. The Kier molecular flexibility index (Phi) is 2410. The molecule has 67 heavy (non-hydrogen) atoms. The zero-order valence-electron chi connectivity index (χ0n) is 42.3. The van der Waals surface area contributed by atoms with Crippen LogP contribution in [0.2, 0.25) is 0 Å². The third-order valence-corrected chi connectivity index (χ3v) is 0. The maximum absolute atomic E-state index is 2.12. The Morgan fingerprint density at radius 3 is 0.0896 bits per heavy atom. The normalized spacial score (nSPS) is 4.48. The van der Waals surface area contributed by atoms with Crippen LogP contribution < -0.4 is 0 Å². The molecule has 0 radical (unpaired) electrons. The summed E-state index contributed by atoms with van der Waals surface area (Å²) in [6, 6.07) is 0. The Morgan fingerprint density at radius 1 is 0.0896 bits per heavy atom. The first-order chi connectivity index (χ1) is 10.0. The van der Waals surface area contributed by atoms with Crippen molar-refractivity contribution in [2.45, 2.75) is 0 Å². The van der Waals surface area contributed by atoms with Crippen molar-refractivity contribution in [2.24, 2.45) is 0 Å². The molecule has 0 saturated heterocycles. The second-order valence-electron chi connectivity index (χ2n) is 13.4. The molecule has 0 fully saturated rings. The average molecular weight is 2790 g/mol. The zero-order valence-corrected chi connectivity index (χ0v) is 71.7. The molecule has 0 saturated carbocycles. The zero-order chi connectivity index (χ0) is 22.5. The minimum Gasteiger partial charge on any atom is -0.412 e. The van der Waals surface area contributed by atoms with E-state index >= 15 is 0 Å². The van der Waals surface area contributed by atoms with Gasteiger partial charge in [-0.15, -0.1) is 0 Å². The summed E-state index contributed by atoms with van der Waals surface area (Å²) in [5, 5.41) is 0. The standard InChI is InChI=1S/5C4H12N.32H2O.10W/c5*1-5(2,3)4;;;;;;;;;;;;;;;;;;;;;;;;;;;;;;;;;;;;;;;;;;/h5*1-4H3;32*1H2;;;;;;;;;;/q5*+1;;;;;;;;;;;;;;;;;;;;;;;;;;;;;;;;;;;;;;;;;;. The third-order valence-electron chi connectivity index (χ3n) is 0. The SMILES string of the molecule is C[N+](C)(C)C.C[N+](C)(C)C.C[N+](C)(C)C.C[N+](C)(C)C.C[N+](C)(C)C.O.O.O.O.O.O.O.O.O.O.O.O.O.O.O.O.O.O.O.O.O.O.O.O.O.O.O.O.O.O.O.O.[W].[W].[W].[W].[W].[W].[W].[W].[W].[W]. The molecule has 0 atom stereocenters. The maximum Gasteiger partial charge on any atom is 0.0675 e. The first-order valence-corrected chi connectivity index (χ1v) is 8.94. The van der Waals surface area contributed by atoms with Gasteiger partial charge in [0.2, 0.25) is 0 Å². The molecule has 0 aliphatic rings. The molecule has 0 aromatic heterocycles. The maximum atomic E-state index is 2.12. The van der Waals surface area contributed by atoms with Crippen molar-refractivity contribution < 1.29 is 408 Å². The number of nitrogens with zero attached hydrogens (tertiary/aromatic N) is 5. The predicted octanol–water partition coefficient (Wildman–Crippen LogP) is -24.8. The van der Waals surface area contributed by atoms with E-state index in [0.29, 0.717) is 0 Å². The quantitative estimate of drug-likeness (QED) is 0.204. The van der Waals surface area contributed by atoms with Crippen molar-refractivity contribution in [3.63, 3.8) is 0 Å². The Labute approximate surface area is 543 Å². The van der Waals surface area contributed by atoms with E-state index in [1.54, 1.807) is 0 Å². The molecule has 0 amide bonds. The van der Waals surface area contributed by atoms with E-state index < -0.39 is 0 Å². The number of quaternary nitrogens is 5. The van der Waals surface area contributed by atoms with Crippen molar-refractivity contribution in [1.29, 1.82) is 0 Å². The van der Waals surface area contributed by atoms with Gasteiger partial charge in [-0.1, -0.05) is 0 Å². The molecule has 0 spiro atoms. The number of hydrogen-bond donors (Lipinski definition) is 0. The first-order valence-electron chi connectivity index (χ1n) is 8.94. The molecule has 0 rings (SSSR count). The van der Waals surface area contributed by atoms with E-state index in [-0.39, 0.29) is 386 Å². The Bertz CT molecular complexity index is 262. The summed E-state index contributed by atoms with van der Waals surface area (Å²) >= 11 is 0. The minimum atomic E-state index is 0. The van der Waals surface area contributed by atoms with Crippen molar-refractivity contribution in [3.8, 4) is 0 Å². The largest absolute Gasteiger partial charge is 0.412 e. The van der Waals surface area contributed by atoms with Gasteiger partial charge in [0.15, 0.2) is 0 Å². The fourth-order valence-electron chi connectivity index (χ4n) is 0. The molecule has 0 heterocycles. The summed E-state index contributed by atoms with van der Waals surface area (Å²) in [6.07, 6.45) is 0. The van der Waals surface area contributed by atoms with Gasteiger partial charge in [0.1, 0.15) is 0 Å². The second-order valence-corrected chi connectivity index (χ2v) is 13.4. The molecule has 0 aromatic carbocycles. The van der Waals surface area contributed by atoms with Crippen molar-refractivity contribution in [3.05, 3.63) is 0 Å². The van der Waals surface area contributed by atoms with E-state index in [9.17, 15) is 0 Å². The monoisotopic (exact) mass is 2790 g/mol. The van der Waals surface area contributed by atoms with Crippen molar-refractivity contribution in [1.82, 2.24) is 0 Å². The molecule has 0 aromatic rings. The van der Waals surface area contributed by atoms with Crippen LogP contribution in [0, 0.1) is 0 Å². The van der Waals surface area contributed by atoms with E-state index in [4.69, 9.17) is 0 Å². The first kappa shape index (κ1) is 572. The van der Waals surface area contributed by atoms with Gasteiger partial charge in [-0.05, 0) is 0 Å². The number of hydrogen-bond acceptors (Lipinski definition) is 0. The van der Waals surface area contributed by atoms with Gasteiger partial charge in [0.25, 0.3) is 0 Å². The minimum absolute atomic E-state index is 0. The van der Waals surface area contributed by atoms with Gasteiger partial charge in [0.05, 0.1) is 141 Å². The van der Waals surface area contributed by atoms with Crippen molar-refractivity contribution >= 4 is 0 Å². The molecule has 64 N–H and O–H groups in total. The molecular weight excluding hydrogens is 2660 g/mol. The topological polar surface area (TPSA) is 1010 Å². The van der Waals surface area contributed by atoms with Crippen LogP contribution in [0.4, 0.5) is 0 Å². The van der Waals surface area contributed by atoms with Crippen LogP contribution in [0.15, 0.2) is 0 Å². The van der Waals surface area contributed by atoms with Crippen LogP contribution in [0.5, 0.6) is 0 Å². The summed E-state index contributed by atoms with van der Waals surface area (Å²) < 4.78 is 5.00. The van der Waals surface area contributed by atoms with Crippen LogP contribution in [0.25, 0.3) is 0 Å².